The molecule has 158 valence electrons. The summed E-state index contributed by atoms with van der Waals surface area (Å²) in [6.45, 7) is 3.84. The van der Waals surface area contributed by atoms with Gasteiger partial charge in [0.25, 0.3) is 0 Å². The summed E-state index contributed by atoms with van der Waals surface area (Å²) >= 11 is 0. The van der Waals surface area contributed by atoms with Crippen LogP contribution >= 0.6 is 0 Å². The van der Waals surface area contributed by atoms with E-state index in [1.54, 1.807) is 29.2 Å². The van der Waals surface area contributed by atoms with Gasteiger partial charge >= 0.3 is 0 Å². The van der Waals surface area contributed by atoms with Crippen molar-refractivity contribution >= 4 is 17.4 Å². The second-order valence-corrected chi connectivity index (χ2v) is 8.20. The first-order valence-corrected chi connectivity index (χ1v) is 10.6. The van der Waals surface area contributed by atoms with Gasteiger partial charge in [-0.2, -0.15) is 0 Å². The third kappa shape index (κ3) is 3.89. The number of carbonyl (C=O) groups is 2. The molecule has 4 rings (SSSR count). The number of nitrogens with zero attached hydrogens (tertiary/aromatic N) is 2. The van der Waals surface area contributed by atoms with Crippen LogP contribution in [0.1, 0.15) is 47.7 Å². The molecule has 2 heterocycles. The van der Waals surface area contributed by atoms with Gasteiger partial charge in [-0.25, -0.2) is 4.39 Å². The van der Waals surface area contributed by atoms with E-state index < -0.39 is 11.4 Å². The Bertz CT molecular complexity index is 967. The molecular weight excluding hydrogens is 383 g/mol. The predicted octanol–water partition coefficient (Wildman–Crippen LogP) is 3.29. The van der Waals surface area contributed by atoms with Crippen LogP contribution < -0.4 is 4.90 Å². The molecule has 1 fully saturated rings. The van der Waals surface area contributed by atoms with Crippen molar-refractivity contribution in [2.24, 2.45) is 0 Å². The van der Waals surface area contributed by atoms with Crippen LogP contribution in [-0.4, -0.2) is 47.9 Å². The Kier molecular flexibility index (Phi) is 5.71. The standard InChI is InChI=1S/C24H27FN2O3/c1-2-23(29)27-12-9-17-15-18(7-8-21(17)27)22(28)16-26-13-10-24(30,11-14-26)19-5-3-4-6-20(19)25/h3-8,15,30H,2,9-14,16H2,1H3. The number of amides is 1. The number of fused-ring (bicyclic) bond motifs is 1. The van der Waals surface area contributed by atoms with Gasteiger partial charge in [0.1, 0.15) is 5.82 Å². The zero-order valence-electron chi connectivity index (χ0n) is 17.2. The molecule has 0 bridgehead atoms. The summed E-state index contributed by atoms with van der Waals surface area (Å²) in [5, 5.41) is 10.9. The first-order valence-electron chi connectivity index (χ1n) is 10.6. The van der Waals surface area contributed by atoms with E-state index in [1.807, 2.05) is 24.0 Å². The molecule has 1 N–H and O–H groups in total. The topological polar surface area (TPSA) is 60.9 Å². The molecule has 2 aromatic rings. The normalized spacial score (nSPS) is 18.3. The lowest BCUT2D eigenvalue weighted by Gasteiger charge is -2.38. The molecule has 1 amide bonds. The first-order chi connectivity index (χ1) is 14.4. The van der Waals surface area contributed by atoms with Crippen molar-refractivity contribution in [2.45, 2.75) is 38.2 Å². The average Bonchev–Trinajstić information content (AvgIpc) is 3.18. The molecule has 2 aliphatic rings. The number of ketones is 1. The molecule has 0 aromatic heterocycles. The minimum atomic E-state index is -1.19. The number of anilines is 1. The Morgan fingerprint density at radius 2 is 1.83 bits per heavy atom. The Morgan fingerprint density at radius 3 is 2.53 bits per heavy atom. The number of Topliss-reactive ketones (excluding diaryl/α,β-unsaturated/α-hetero) is 1. The van der Waals surface area contributed by atoms with Crippen LogP contribution in [0.15, 0.2) is 42.5 Å². The lowest BCUT2D eigenvalue weighted by molar-refractivity contribution is -0.118. The number of halogens is 1. The summed E-state index contributed by atoms with van der Waals surface area (Å²) in [4.78, 5) is 28.7. The van der Waals surface area contributed by atoms with Crippen LogP contribution in [0, 0.1) is 5.82 Å². The molecule has 0 unspecified atom stereocenters. The van der Waals surface area contributed by atoms with E-state index in [1.165, 1.54) is 6.07 Å². The molecule has 0 saturated carbocycles. The Morgan fingerprint density at radius 1 is 1.10 bits per heavy atom. The maximum absolute atomic E-state index is 14.1. The van der Waals surface area contributed by atoms with Gasteiger partial charge < -0.3 is 10.0 Å². The fourth-order valence-corrected chi connectivity index (χ4v) is 4.51. The number of carbonyl (C=O) groups excluding carboxylic acids is 2. The van der Waals surface area contributed by atoms with E-state index in [0.29, 0.717) is 50.0 Å². The molecule has 6 heteroatoms. The van der Waals surface area contributed by atoms with Crippen LogP contribution in [0.4, 0.5) is 10.1 Å². The number of benzene rings is 2. The van der Waals surface area contributed by atoms with Gasteiger partial charge in [0.2, 0.25) is 5.91 Å². The summed E-state index contributed by atoms with van der Waals surface area (Å²) < 4.78 is 14.1. The van der Waals surface area contributed by atoms with Crippen molar-refractivity contribution in [1.82, 2.24) is 4.90 Å². The molecule has 0 radical (unpaired) electrons. The highest BCUT2D eigenvalue weighted by Gasteiger charge is 2.36. The third-order valence-electron chi connectivity index (χ3n) is 6.33. The Labute approximate surface area is 176 Å². The maximum Gasteiger partial charge on any atom is 0.226 e. The molecule has 5 nitrogen and oxygen atoms in total. The van der Waals surface area contributed by atoms with Crippen LogP contribution in [0.3, 0.4) is 0 Å². The largest absolute Gasteiger partial charge is 0.385 e. The second-order valence-electron chi connectivity index (χ2n) is 8.20. The number of rotatable bonds is 5. The zero-order chi connectivity index (χ0) is 21.3. The van der Waals surface area contributed by atoms with E-state index >= 15 is 0 Å². The quantitative estimate of drug-likeness (QED) is 0.769. The number of likely N-dealkylation sites (tertiary alicyclic amines) is 1. The molecular formula is C24H27FN2O3. The minimum absolute atomic E-state index is 0.0226. The van der Waals surface area contributed by atoms with Crippen molar-refractivity contribution in [1.29, 1.82) is 0 Å². The average molecular weight is 410 g/mol. The molecule has 0 aliphatic carbocycles. The van der Waals surface area contributed by atoms with Crippen LogP contribution in [0.2, 0.25) is 0 Å². The molecule has 2 aromatic carbocycles. The van der Waals surface area contributed by atoms with E-state index in [0.717, 1.165) is 17.7 Å². The highest BCUT2D eigenvalue weighted by atomic mass is 19.1. The molecule has 2 aliphatic heterocycles. The molecule has 1 saturated heterocycles. The zero-order valence-corrected chi connectivity index (χ0v) is 17.2. The van der Waals surface area contributed by atoms with Gasteiger partial charge in [0, 0.05) is 42.9 Å². The molecule has 0 spiro atoms. The van der Waals surface area contributed by atoms with E-state index in [9.17, 15) is 19.1 Å². The van der Waals surface area contributed by atoms with Crippen LogP contribution in [-0.2, 0) is 16.8 Å². The number of aliphatic hydroxyl groups is 1. The Hall–Kier alpha value is -2.57. The minimum Gasteiger partial charge on any atom is -0.385 e. The highest BCUT2D eigenvalue weighted by Crippen LogP contribution is 2.34. The van der Waals surface area contributed by atoms with Crippen molar-refractivity contribution in [3.8, 4) is 0 Å². The number of piperidine rings is 1. The molecule has 0 atom stereocenters. The fourth-order valence-electron chi connectivity index (χ4n) is 4.51. The second kappa shape index (κ2) is 8.28. The lowest BCUT2D eigenvalue weighted by Crippen LogP contribution is -2.44. The van der Waals surface area contributed by atoms with E-state index in [2.05, 4.69) is 0 Å². The monoisotopic (exact) mass is 410 g/mol. The van der Waals surface area contributed by atoms with Gasteiger partial charge in [0.05, 0.1) is 12.1 Å². The first kappa shape index (κ1) is 20.7. The summed E-state index contributed by atoms with van der Waals surface area (Å²) in [7, 11) is 0. The summed E-state index contributed by atoms with van der Waals surface area (Å²) in [5.41, 5.74) is 1.74. The summed E-state index contributed by atoms with van der Waals surface area (Å²) in [6, 6.07) is 11.9. The third-order valence-corrected chi connectivity index (χ3v) is 6.33. The SMILES string of the molecule is CCC(=O)N1CCc2cc(C(=O)CN3CCC(O)(c4ccccc4F)CC3)ccc21. The lowest BCUT2D eigenvalue weighted by atomic mass is 9.84. The van der Waals surface area contributed by atoms with Crippen molar-refractivity contribution in [3.05, 3.63) is 65.0 Å². The smallest absolute Gasteiger partial charge is 0.226 e. The van der Waals surface area contributed by atoms with Crippen LogP contribution in [0.5, 0.6) is 0 Å². The molecule has 30 heavy (non-hydrogen) atoms. The van der Waals surface area contributed by atoms with Crippen molar-refractivity contribution < 1.29 is 19.1 Å². The number of hydrogen-bond donors (Lipinski definition) is 1. The summed E-state index contributed by atoms with van der Waals surface area (Å²) in [5.74, 6) is -0.267. The number of hydrogen-bond acceptors (Lipinski definition) is 4. The highest BCUT2D eigenvalue weighted by molar-refractivity contribution is 6.00. The van der Waals surface area contributed by atoms with Gasteiger partial charge in [-0.05, 0) is 49.1 Å². The van der Waals surface area contributed by atoms with Crippen LogP contribution in [0.25, 0.3) is 0 Å². The van der Waals surface area contributed by atoms with E-state index in [4.69, 9.17) is 0 Å². The predicted molar refractivity (Wildman–Crippen MR) is 113 cm³/mol. The van der Waals surface area contributed by atoms with Crippen molar-refractivity contribution in [3.63, 3.8) is 0 Å². The summed E-state index contributed by atoms with van der Waals surface area (Å²) in [6.07, 6.45) is 2.01. The fraction of sp³-hybridized carbons (Fsp3) is 0.417. The van der Waals surface area contributed by atoms with Gasteiger partial charge in [-0.15, -0.1) is 0 Å². The van der Waals surface area contributed by atoms with Gasteiger partial charge in [-0.1, -0.05) is 25.1 Å². The van der Waals surface area contributed by atoms with Gasteiger partial charge in [0.15, 0.2) is 5.78 Å². The van der Waals surface area contributed by atoms with E-state index in [-0.39, 0.29) is 18.2 Å². The van der Waals surface area contributed by atoms with Gasteiger partial charge in [-0.3, -0.25) is 14.5 Å². The Balaban J connectivity index is 1.39. The van der Waals surface area contributed by atoms with Crippen molar-refractivity contribution in [2.75, 3.05) is 31.1 Å². The maximum atomic E-state index is 14.1.